The lowest BCUT2D eigenvalue weighted by Crippen LogP contribution is -2.21. The fraction of sp³-hybridized carbons (Fsp3) is 0.278. The van der Waals surface area contributed by atoms with Crippen LogP contribution in [0.5, 0.6) is 11.5 Å². The summed E-state index contributed by atoms with van der Waals surface area (Å²) in [5.41, 5.74) is 0.436. The quantitative estimate of drug-likeness (QED) is 0.571. The predicted octanol–water partition coefficient (Wildman–Crippen LogP) is 3.18. The van der Waals surface area contributed by atoms with Crippen molar-refractivity contribution >= 4 is 37.6 Å². The van der Waals surface area contributed by atoms with Gasteiger partial charge in [-0.1, -0.05) is 25.1 Å². The molecule has 0 radical (unpaired) electrons. The fourth-order valence-corrected chi connectivity index (χ4v) is 3.70. The van der Waals surface area contributed by atoms with Crippen LogP contribution in [0.2, 0.25) is 0 Å². The molecule has 2 aromatic rings. The lowest BCUT2D eigenvalue weighted by molar-refractivity contribution is 0.262. The van der Waals surface area contributed by atoms with Gasteiger partial charge in [0, 0.05) is 11.8 Å². The molecule has 0 atom stereocenters. The summed E-state index contributed by atoms with van der Waals surface area (Å²) < 4.78 is 56.9. The van der Waals surface area contributed by atoms with E-state index in [9.17, 15) is 21.6 Å². The van der Waals surface area contributed by atoms with Gasteiger partial charge in [0.1, 0.15) is 5.75 Å². The average Bonchev–Trinajstić information content (AvgIpc) is 2.63. The Bertz CT molecular complexity index is 1070. The highest BCUT2D eigenvalue weighted by molar-refractivity contribution is 7.87. The van der Waals surface area contributed by atoms with Crippen LogP contribution < -0.4 is 19.0 Å². The second kappa shape index (κ2) is 9.61. The van der Waals surface area contributed by atoms with Gasteiger partial charge in [0.15, 0.2) is 5.75 Å². The molecule has 2 rings (SSSR count). The highest BCUT2D eigenvalue weighted by atomic mass is 32.2. The van der Waals surface area contributed by atoms with E-state index in [1.165, 1.54) is 37.3 Å². The van der Waals surface area contributed by atoms with Gasteiger partial charge in [-0.2, -0.15) is 16.8 Å². The Hall–Kier alpha value is -2.79. The zero-order valence-electron chi connectivity index (χ0n) is 15.9. The van der Waals surface area contributed by atoms with E-state index in [1.807, 2.05) is 0 Å². The molecule has 0 aromatic heterocycles. The molecule has 158 valence electrons. The van der Waals surface area contributed by atoms with Crippen LogP contribution in [-0.4, -0.2) is 34.4 Å². The van der Waals surface area contributed by atoms with E-state index < -0.39 is 26.3 Å². The Labute approximate surface area is 170 Å². The minimum atomic E-state index is -3.76. The first-order valence-corrected chi connectivity index (χ1v) is 11.9. The summed E-state index contributed by atoms with van der Waals surface area (Å²) in [6.07, 6.45) is 0.415. The number of hydrogen-bond donors (Lipinski definition) is 2. The van der Waals surface area contributed by atoms with E-state index in [0.29, 0.717) is 6.42 Å². The van der Waals surface area contributed by atoms with Crippen molar-refractivity contribution < 1.29 is 30.0 Å². The smallest absolute Gasteiger partial charge is 0.323 e. The van der Waals surface area contributed by atoms with Crippen LogP contribution in [0.1, 0.15) is 20.3 Å². The lowest BCUT2D eigenvalue weighted by Gasteiger charge is -2.13. The molecule has 11 heteroatoms. The number of urea groups is 1. The van der Waals surface area contributed by atoms with Crippen LogP contribution in [0.25, 0.3) is 0 Å². The molecular formula is C18H22N2O7S2. The zero-order valence-corrected chi connectivity index (χ0v) is 17.5. The summed E-state index contributed by atoms with van der Waals surface area (Å²) in [6.45, 7) is 3.16. The monoisotopic (exact) mass is 442 g/mol. The summed E-state index contributed by atoms with van der Waals surface area (Å²) in [6, 6.07) is 11.3. The van der Waals surface area contributed by atoms with Crippen LogP contribution in [0.15, 0.2) is 48.5 Å². The minimum absolute atomic E-state index is 0.0211. The Kier molecular flexibility index (Phi) is 7.46. The molecular weight excluding hydrogens is 420 g/mol. The first-order chi connectivity index (χ1) is 13.6. The van der Waals surface area contributed by atoms with Crippen molar-refractivity contribution in [1.29, 1.82) is 0 Å². The van der Waals surface area contributed by atoms with Gasteiger partial charge in [0.2, 0.25) is 0 Å². The second-order valence-corrected chi connectivity index (χ2v) is 9.43. The van der Waals surface area contributed by atoms with Crippen molar-refractivity contribution in [3.63, 3.8) is 0 Å². The number of nitrogens with one attached hydrogen (secondary N) is 2. The summed E-state index contributed by atoms with van der Waals surface area (Å²) in [5.74, 6) is -0.301. The van der Waals surface area contributed by atoms with Gasteiger partial charge in [-0.05, 0) is 37.6 Å². The normalized spacial score (nSPS) is 11.5. The third kappa shape index (κ3) is 7.27. The van der Waals surface area contributed by atoms with Crippen LogP contribution >= 0.6 is 0 Å². The number of carbonyl (C=O) groups excluding carboxylic acids is 1. The first-order valence-electron chi connectivity index (χ1n) is 8.75. The third-order valence-electron chi connectivity index (χ3n) is 3.47. The molecule has 0 saturated heterocycles. The molecule has 0 heterocycles. The van der Waals surface area contributed by atoms with Crippen LogP contribution in [0.3, 0.4) is 0 Å². The number of benzene rings is 2. The average molecular weight is 443 g/mol. The molecule has 0 bridgehead atoms. The van der Waals surface area contributed by atoms with E-state index >= 15 is 0 Å². The summed E-state index contributed by atoms with van der Waals surface area (Å²) in [4.78, 5) is 12.3. The molecule has 0 aliphatic rings. The predicted molar refractivity (Wildman–Crippen MR) is 110 cm³/mol. The molecule has 0 unspecified atom stereocenters. The highest BCUT2D eigenvalue weighted by Crippen LogP contribution is 2.26. The molecule has 0 aliphatic heterocycles. The van der Waals surface area contributed by atoms with Crippen molar-refractivity contribution in [1.82, 2.24) is 0 Å². The van der Waals surface area contributed by atoms with Crippen molar-refractivity contribution in [2.75, 3.05) is 22.1 Å². The molecule has 0 spiro atoms. The van der Waals surface area contributed by atoms with Crippen molar-refractivity contribution in [3.8, 4) is 11.5 Å². The first kappa shape index (κ1) is 22.5. The van der Waals surface area contributed by atoms with Gasteiger partial charge in [0.25, 0.3) is 0 Å². The van der Waals surface area contributed by atoms with Gasteiger partial charge in [-0.3, -0.25) is 0 Å². The Balaban J connectivity index is 2.10. The number of amides is 2. The molecule has 2 N–H and O–H groups in total. The molecule has 2 aromatic carbocycles. The summed E-state index contributed by atoms with van der Waals surface area (Å²) in [7, 11) is -7.47. The number of hydrogen-bond acceptors (Lipinski definition) is 7. The molecule has 9 nitrogen and oxygen atoms in total. The standard InChI is InChI=1S/C18H22N2O7S2/c1-3-12-29(24,25)26-15-9-7-8-14(13-15)19-18(21)20-16-10-5-6-11-17(16)27-28(22,23)4-2/h5-11,13H,3-4,12H2,1-2H3,(H2,19,20,21). The second-order valence-electron chi connectivity index (χ2n) is 5.88. The highest BCUT2D eigenvalue weighted by Gasteiger charge is 2.15. The maximum absolute atomic E-state index is 12.3. The largest absolute Gasteiger partial charge is 0.382 e. The van der Waals surface area contributed by atoms with Crippen LogP contribution in [0.4, 0.5) is 16.2 Å². The van der Waals surface area contributed by atoms with Crippen LogP contribution in [-0.2, 0) is 20.2 Å². The molecule has 0 aliphatic carbocycles. The number of rotatable bonds is 9. The SMILES string of the molecule is CCCS(=O)(=O)Oc1cccc(NC(=O)Nc2ccccc2OS(=O)(=O)CC)c1. The number of para-hydroxylation sites is 2. The van der Waals surface area contributed by atoms with E-state index in [2.05, 4.69) is 10.6 Å². The summed E-state index contributed by atoms with van der Waals surface area (Å²) in [5, 5.41) is 5.02. The van der Waals surface area contributed by atoms with Gasteiger partial charge < -0.3 is 19.0 Å². The lowest BCUT2D eigenvalue weighted by atomic mass is 10.3. The van der Waals surface area contributed by atoms with Crippen LogP contribution in [0, 0.1) is 0 Å². The minimum Gasteiger partial charge on any atom is -0.382 e. The molecule has 0 saturated carbocycles. The van der Waals surface area contributed by atoms with E-state index in [4.69, 9.17) is 8.37 Å². The molecule has 2 amide bonds. The fourth-order valence-electron chi connectivity index (χ4n) is 2.19. The van der Waals surface area contributed by atoms with Crippen molar-refractivity contribution in [2.24, 2.45) is 0 Å². The topological polar surface area (TPSA) is 128 Å². The van der Waals surface area contributed by atoms with Gasteiger partial charge >= 0.3 is 26.3 Å². The van der Waals surface area contributed by atoms with E-state index in [-0.39, 0.29) is 34.4 Å². The zero-order chi connectivity index (χ0) is 21.5. The third-order valence-corrected chi connectivity index (χ3v) is 5.97. The van der Waals surface area contributed by atoms with Gasteiger partial charge in [-0.15, -0.1) is 0 Å². The summed E-state index contributed by atoms with van der Waals surface area (Å²) >= 11 is 0. The number of carbonyl (C=O) groups is 1. The number of anilines is 2. The Morgan fingerprint density at radius 3 is 2.31 bits per heavy atom. The maximum Gasteiger partial charge on any atom is 0.323 e. The van der Waals surface area contributed by atoms with E-state index in [1.54, 1.807) is 25.1 Å². The van der Waals surface area contributed by atoms with Gasteiger partial charge in [-0.25, -0.2) is 4.79 Å². The maximum atomic E-state index is 12.3. The Morgan fingerprint density at radius 2 is 1.62 bits per heavy atom. The Morgan fingerprint density at radius 1 is 0.897 bits per heavy atom. The van der Waals surface area contributed by atoms with E-state index in [0.717, 1.165) is 0 Å². The van der Waals surface area contributed by atoms with Gasteiger partial charge in [0.05, 0.1) is 17.2 Å². The molecule has 29 heavy (non-hydrogen) atoms. The molecule has 0 fully saturated rings. The van der Waals surface area contributed by atoms with Crippen molar-refractivity contribution in [2.45, 2.75) is 20.3 Å². The van der Waals surface area contributed by atoms with Crippen molar-refractivity contribution in [3.05, 3.63) is 48.5 Å².